The lowest BCUT2D eigenvalue weighted by Crippen LogP contribution is -2.24. The molecule has 0 aliphatic carbocycles. The van der Waals surface area contributed by atoms with Crippen LogP contribution in [0.1, 0.15) is 18.5 Å². The first-order valence-electron chi connectivity index (χ1n) is 6.73. The van der Waals surface area contributed by atoms with Crippen LogP contribution in [0.3, 0.4) is 0 Å². The summed E-state index contributed by atoms with van der Waals surface area (Å²) < 4.78 is 11.8. The van der Waals surface area contributed by atoms with Crippen molar-refractivity contribution in [3.8, 4) is 5.88 Å². The summed E-state index contributed by atoms with van der Waals surface area (Å²) in [5.41, 5.74) is 7.94. The van der Waals surface area contributed by atoms with Gasteiger partial charge in [-0.2, -0.15) is 0 Å². The molecule has 0 spiro atoms. The third-order valence-electron chi connectivity index (χ3n) is 3.51. The van der Waals surface area contributed by atoms with Crippen molar-refractivity contribution in [3.63, 3.8) is 0 Å². The lowest BCUT2D eigenvalue weighted by Gasteiger charge is -2.12. The normalized spacial score (nSPS) is 14.4. The third-order valence-corrected chi connectivity index (χ3v) is 3.51. The molecule has 0 saturated heterocycles. The Hall–Kier alpha value is -1.98. The number of aromatic nitrogens is 4. The van der Waals surface area contributed by atoms with Crippen molar-refractivity contribution in [2.75, 3.05) is 12.3 Å². The topological polar surface area (TPSA) is 61.9 Å². The highest BCUT2D eigenvalue weighted by molar-refractivity contribution is 5.53. The minimum atomic E-state index is 0.579. The minimum Gasteiger partial charge on any atom is -0.471 e. The molecule has 0 unspecified atom stereocenters. The quantitative estimate of drug-likeness (QED) is 0.817. The molecular formula is C13H20N5O+. The summed E-state index contributed by atoms with van der Waals surface area (Å²) in [4.78, 5) is 0. The Balaban J connectivity index is 1.62. The van der Waals surface area contributed by atoms with Gasteiger partial charge in [-0.05, 0) is 19.3 Å². The molecule has 102 valence electrons. The maximum absolute atomic E-state index is 6.09. The molecule has 0 radical (unpaired) electrons. The molecule has 2 N–H and O–H groups in total. The standard InChI is InChI=1S/C13H20N5O/c1-16-6-7-17(10-16)8-9-19-13-12(14)11-4-2-3-5-18(11)15-13/h6-7,10H,2-5,8-9,14H2,1H3/q+1. The zero-order chi connectivity index (χ0) is 13.2. The smallest absolute Gasteiger partial charge is 0.256 e. The van der Waals surface area contributed by atoms with Crippen LogP contribution in [0.4, 0.5) is 5.69 Å². The highest BCUT2D eigenvalue weighted by Gasteiger charge is 2.19. The molecule has 1 aliphatic heterocycles. The second-order valence-electron chi connectivity index (χ2n) is 5.01. The molecule has 3 heterocycles. The Labute approximate surface area is 112 Å². The molecule has 2 aromatic rings. The van der Waals surface area contributed by atoms with Gasteiger partial charge in [0.25, 0.3) is 5.88 Å². The number of nitrogen functional groups attached to an aromatic ring is 1. The fourth-order valence-corrected chi connectivity index (χ4v) is 2.48. The summed E-state index contributed by atoms with van der Waals surface area (Å²) >= 11 is 0. The molecular weight excluding hydrogens is 242 g/mol. The van der Waals surface area contributed by atoms with Gasteiger partial charge in [-0.3, -0.25) is 4.68 Å². The molecule has 0 saturated carbocycles. The van der Waals surface area contributed by atoms with E-state index in [-0.39, 0.29) is 0 Å². The second kappa shape index (κ2) is 4.95. The molecule has 6 heteroatoms. The van der Waals surface area contributed by atoms with Gasteiger partial charge in [0.15, 0.2) is 0 Å². The Morgan fingerprint density at radius 2 is 2.37 bits per heavy atom. The number of ether oxygens (including phenoxy) is 1. The fraction of sp³-hybridized carbons (Fsp3) is 0.538. The summed E-state index contributed by atoms with van der Waals surface area (Å²) in [5, 5.41) is 4.44. The van der Waals surface area contributed by atoms with Crippen molar-refractivity contribution in [3.05, 3.63) is 24.4 Å². The van der Waals surface area contributed by atoms with Crippen molar-refractivity contribution in [2.45, 2.75) is 32.4 Å². The number of rotatable bonds is 4. The lowest BCUT2D eigenvalue weighted by molar-refractivity contribution is -0.671. The molecule has 1 aliphatic rings. The Morgan fingerprint density at radius 1 is 1.47 bits per heavy atom. The van der Waals surface area contributed by atoms with Crippen LogP contribution in [0, 0.1) is 0 Å². The summed E-state index contributed by atoms with van der Waals surface area (Å²) in [6.45, 7) is 2.33. The van der Waals surface area contributed by atoms with Gasteiger partial charge >= 0.3 is 0 Å². The first-order valence-corrected chi connectivity index (χ1v) is 6.73. The van der Waals surface area contributed by atoms with Gasteiger partial charge in [0.05, 0.1) is 12.7 Å². The van der Waals surface area contributed by atoms with Crippen LogP contribution in [-0.2, 0) is 26.6 Å². The van der Waals surface area contributed by atoms with E-state index in [1.165, 1.54) is 12.8 Å². The average Bonchev–Trinajstić information content (AvgIpc) is 2.96. The van der Waals surface area contributed by atoms with Crippen LogP contribution in [-0.4, -0.2) is 21.0 Å². The van der Waals surface area contributed by atoms with Crippen molar-refractivity contribution in [1.29, 1.82) is 0 Å². The largest absolute Gasteiger partial charge is 0.471 e. The number of hydrogen-bond donors (Lipinski definition) is 1. The number of anilines is 1. The maximum Gasteiger partial charge on any atom is 0.256 e. The highest BCUT2D eigenvalue weighted by atomic mass is 16.5. The third kappa shape index (κ3) is 2.43. The number of imidazole rings is 1. The monoisotopic (exact) mass is 262 g/mol. The molecule has 0 bridgehead atoms. The highest BCUT2D eigenvalue weighted by Crippen LogP contribution is 2.28. The summed E-state index contributed by atoms with van der Waals surface area (Å²) in [5.74, 6) is 0.591. The van der Waals surface area contributed by atoms with E-state index < -0.39 is 0 Å². The SMILES string of the molecule is C[n+]1ccn(CCOc2nn3c(c2N)CCCC3)c1. The van der Waals surface area contributed by atoms with E-state index in [9.17, 15) is 0 Å². The van der Waals surface area contributed by atoms with E-state index in [1.807, 2.05) is 35.0 Å². The van der Waals surface area contributed by atoms with Crippen LogP contribution in [0.25, 0.3) is 0 Å². The van der Waals surface area contributed by atoms with Gasteiger partial charge in [0.1, 0.15) is 31.2 Å². The van der Waals surface area contributed by atoms with Gasteiger partial charge in [0.2, 0.25) is 6.33 Å². The van der Waals surface area contributed by atoms with Crippen molar-refractivity contribution in [2.24, 2.45) is 7.05 Å². The van der Waals surface area contributed by atoms with E-state index in [0.717, 1.165) is 30.9 Å². The van der Waals surface area contributed by atoms with Crippen LogP contribution in [0.5, 0.6) is 5.88 Å². The van der Waals surface area contributed by atoms with Gasteiger partial charge < -0.3 is 10.5 Å². The average molecular weight is 262 g/mol. The van der Waals surface area contributed by atoms with Crippen molar-refractivity contribution in [1.82, 2.24) is 14.3 Å². The van der Waals surface area contributed by atoms with Gasteiger partial charge in [-0.25, -0.2) is 9.13 Å². The van der Waals surface area contributed by atoms with Crippen LogP contribution < -0.4 is 15.0 Å². The summed E-state index contributed by atoms with van der Waals surface area (Å²) in [7, 11) is 2.00. The maximum atomic E-state index is 6.09. The van der Waals surface area contributed by atoms with E-state index in [4.69, 9.17) is 10.5 Å². The fourth-order valence-electron chi connectivity index (χ4n) is 2.48. The molecule has 0 fully saturated rings. The second-order valence-corrected chi connectivity index (χ2v) is 5.01. The number of nitrogens with two attached hydrogens (primary N) is 1. The van der Waals surface area contributed by atoms with Crippen molar-refractivity contribution < 1.29 is 9.30 Å². The van der Waals surface area contributed by atoms with E-state index in [1.54, 1.807) is 0 Å². The molecule has 0 atom stereocenters. The number of aryl methyl sites for hydroxylation is 2. The first kappa shape index (κ1) is 12.1. The Morgan fingerprint density at radius 3 is 3.11 bits per heavy atom. The van der Waals surface area contributed by atoms with Gasteiger partial charge in [-0.15, -0.1) is 5.10 Å². The van der Waals surface area contributed by atoms with Crippen LogP contribution in [0.15, 0.2) is 18.7 Å². The number of hydrogen-bond acceptors (Lipinski definition) is 3. The minimum absolute atomic E-state index is 0.579. The predicted octanol–water partition coefficient (Wildman–Crippen LogP) is 0.507. The van der Waals surface area contributed by atoms with E-state index >= 15 is 0 Å². The summed E-state index contributed by atoms with van der Waals surface area (Å²) in [6, 6.07) is 0. The van der Waals surface area contributed by atoms with Crippen LogP contribution >= 0.6 is 0 Å². The molecule has 6 nitrogen and oxygen atoms in total. The zero-order valence-corrected chi connectivity index (χ0v) is 11.2. The molecule has 2 aromatic heterocycles. The van der Waals surface area contributed by atoms with Gasteiger partial charge in [0, 0.05) is 6.54 Å². The molecule has 19 heavy (non-hydrogen) atoms. The molecule has 0 amide bonds. The van der Waals surface area contributed by atoms with Crippen LogP contribution in [0.2, 0.25) is 0 Å². The number of nitrogens with zero attached hydrogens (tertiary/aromatic N) is 4. The van der Waals surface area contributed by atoms with Gasteiger partial charge in [-0.1, -0.05) is 0 Å². The van der Waals surface area contributed by atoms with E-state index in [2.05, 4.69) is 9.67 Å². The molecule has 3 rings (SSSR count). The van der Waals surface area contributed by atoms with E-state index in [0.29, 0.717) is 12.5 Å². The lowest BCUT2D eigenvalue weighted by atomic mass is 10.1. The van der Waals surface area contributed by atoms with Crippen molar-refractivity contribution >= 4 is 5.69 Å². The Bertz CT molecular complexity index is 572. The number of fused-ring (bicyclic) bond motifs is 1. The first-order chi connectivity index (χ1) is 9.24. The predicted molar refractivity (Wildman–Crippen MR) is 70.7 cm³/mol. The Kier molecular flexibility index (Phi) is 3.15. The zero-order valence-electron chi connectivity index (χ0n) is 11.2. The molecule has 0 aromatic carbocycles. The summed E-state index contributed by atoms with van der Waals surface area (Å²) in [6.07, 6.45) is 9.41.